The van der Waals surface area contributed by atoms with Crippen LogP contribution in [0.3, 0.4) is 0 Å². The molecule has 0 spiro atoms. The third-order valence-corrected chi connectivity index (χ3v) is 5.44. The second kappa shape index (κ2) is 10.7. The van der Waals surface area contributed by atoms with Gasteiger partial charge in [-0.15, -0.1) is 10.2 Å². The van der Waals surface area contributed by atoms with Gasteiger partial charge in [-0.05, 0) is 30.9 Å². The second-order valence-electron chi connectivity index (χ2n) is 7.41. The molecule has 0 aliphatic heterocycles. The molecule has 3 rings (SSSR count). The molecule has 2 atom stereocenters. The fourth-order valence-corrected chi connectivity index (χ4v) is 3.80. The molecule has 0 aliphatic carbocycles. The number of aryl methyl sites for hydroxylation is 1. The van der Waals surface area contributed by atoms with Gasteiger partial charge in [0.1, 0.15) is 0 Å². The minimum Gasteiger partial charge on any atom is -0.289 e. The molecule has 0 saturated carbocycles. The summed E-state index contributed by atoms with van der Waals surface area (Å²) in [6, 6.07) is 22.4. The highest BCUT2D eigenvalue weighted by Crippen LogP contribution is 2.28. The summed E-state index contributed by atoms with van der Waals surface area (Å²) < 4.78 is 0. The Morgan fingerprint density at radius 3 is 2.32 bits per heavy atom. The third kappa shape index (κ3) is 5.73. The predicted octanol–water partition coefficient (Wildman–Crippen LogP) is 4.95. The van der Waals surface area contributed by atoms with Crippen LogP contribution in [-0.4, -0.2) is 31.6 Å². The van der Waals surface area contributed by atoms with E-state index in [1.54, 1.807) is 0 Å². The molecule has 5 nitrogen and oxygen atoms in total. The molecule has 0 aliphatic rings. The van der Waals surface area contributed by atoms with E-state index in [2.05, 4.69) is 100 Å². The topological polar surface area (TPSA) is 57.7 Å². The minimum atomic E-state index is 0.341. The summed E-state index contributed by atoms with van der Waals surface area (Å²) in [7, 11) is 0. The fourth-order valence-electron chi connectivity index (χ4n) is 3.80. The molecule has 0 bridgehead atoms. The molecule has 5 heteroatoms. The Balaban J connectivity index is 1.83. The maximum atomic E-state index is 4.15. The first-order valence-electron chi connectivity index (χ1n) is 10.3. The molecule has 3 aromatic rings. The molecule has 0 radical (unpaired) electrons. The van der Waals surface area contributed by atoms with E-state index >= 15 is 0 Å². The Morgan fingerprint density at radius 1 is 0.964 bits per heavy atom. The van der Waals surface area contributed by atoms with Gasteiger partial charge in [-0.1, -0.05) is 85.6 Å². The zero-order valence-electron chi connectivity index (χ0n) is 17.0. The summed E-state index contributed by atoms with van der Waals surface area (Å²) in [5, 5.41) is 14.6. The molecule has 1 heterocycles. The number of rotatable bonds is 11. The average molecular weight is 378 g/mol. The number of nitrogens with one attached hydrogen (secondary N) is 1. The van der Waals surface area contributed by atoms with Crippen LogP contribution >= 0.6 is 0 Å². The van der Waals surface area contributed by atoms with Gasteiger partial charge >= 0.3 is 0 Å². The predicted molar refractivity (Wildman–Crippen MR) is 113 cm³/mol. The van der Waals surface area contributed by atoms with Gasteiger partial charge in [0.05, 0.1) is 0 Å². The average Bonchev–Trinajstić information content (AvgIpc) is 3.27. The van der Waals surface area contributed by atoms with Crippen LogP contribution in [0.5, 0.6) is 0 Å². The zero-order valence-corrected chi connectivity index (χ0v) is 17.0. The smallest absolute Gasteiger partial charge is 0.174 e. The Labute approximate surface area is 168 Å². The third-order valence-electron chi connectivity index (χ3n) is 5.44. The first kappa shape index (κ1) is 20.2. The van der Waals surface area contributed by atoms with Crippen LogP contribution < -0.4 is 0 Å². The summed E-state index contributed by atoms with van der Waals surface area (Å²) in [6.45, 7) is 5.53. The highest BCUT2D eigenvalue weighted by atomic mass is 15.5. The number of H-pyrrole nitrogens is 1. The standard InChI is InChI=1S/C23H31N5/c1-3-4-15-22(16-17-23-24-26-27-25-23)28(18-20-11-7-5-8-12-20)19(2)21-13-9-6-10-14-21/h5-14,19,22H,3-4,15-18H2,1-2H3,(H,24,25,26,27)/t19-,22-/m0/s1. The molecule has 1 N–H and O–H groups in total. The van der Waals surface area contributed by atoms with E-state index < -0.39 is 0 Å². The fraction of sp³-hybridized carbons (Fsp3) is 0.435. The first-order chi connectivity index (χ1) is 13.8. The summed E-state index contributed by atoms with van der Waals surface area (Å²) in [5.74, 6) is 0.800. The maximum absolute atomic E-state index is 4.15. The summed E-state index contributed by atoms with van der Waals surface area (Å²) >= 11 is 0. The van der Waals surface area contributed by atoms with E-state index in [0.29, 0.717) is 12.1 Å². The maximum Gasteiger partial charge on any atom is 0.174 e. The van der Waals surface area contributed by atoms with Crippen molar-refractivity contribution in [3.63, 3.8) is 0 Å². The van der Waals surface area contributed by atoms with Crippen LogP contribution in [0.2, 0.25) is 0 Å². The SMILES string of the molecule is CCCC[C@@H](CCc1nn[nH]n1)N(Cc1ccccc1)[C@@H](C)c1ccccc1. The molecule has 0 saturated heterocycles. The van der Waals surface area contributed by atoms with Gasteiger partial charge in [-0.25, -0.2) is 0 Å². The van der Waals surface area contributed by atoms with Crippen molar-refractivity contribution >= 4 is 0 Å². The zero-order chi connectivity index (χ0) is 19.6. The second-order valence-corrected chi connectivity index (χ2v) is 7.41. The lowest BCUT2D eigenvalue weighted by atomic mass is 9.97. The van der Waals surface area contributed by atoms with E-state index in [1.165, 1.54) is 30.4 Å². The van der Waals surface area contributed by atoms with Crippen molar-refractivity contribution < 1.29 is 0 Å². The van der Waals surface area contributed by atoms with Crippen molar-refractivity contribution in [1.82, 2.24) is 25.5 Å². The van der Waals surface area contributed by atoms with E-state index in [-0.39, 0.29) is 0 Å². The molecule has 0 fully saturated rings. The number of unbranched alkanes of at least 4 members (excludes halogenated alkanes) is 1. The molecular weight excluding hydrogens is 346 g/mol. The normalized spacial score (nSPS) is 13.5. The van der Waals surface area contributed by atoms with Gasteiger partial charge in [-0.3, -0.25) is 4.90 Å². The molecule has 148 valence electrons. The van der Waals surface area contributed by atoms with Crippen LogP contribution in [0, 0.1) is 0 Å². The van der Waals surface area contributed by atoms with Gasteiger partial charge < -0.3 is 0 Å². The summed E-state index contributed by atoms with van der Waals surface area (Å²) in [6.07, 6.45) is 5.49. The van der Waals surface area contributed by atoms with Crippen LogP contribution in [0.25, 0.3) is 0 Å². The number of benzene rings is 2. The van der Waals surface area contributed by atoms with Crippen molar-refractivity contribution in [2.45, 2.75) is 64.6 Å². The van der Waals surface area contributed by atoms with E-state index in [1.807, 2.05) is 0 Å². The van der Waals surface area contributed by atoms with Crippen molar-refractivity contribution in [2.24, 2.45) is 0 Å². The summed E-state index contributed by atoms with van der Waals surface area (Å²) in [4.78, 5) is 2.65. The van der Waals surface area contributed by atoms with Crippen LogP contribution in [-0.2, 0) is 13.0 Å². The van der Waals surface area contributed by atoms with Gasteiger partial charge in [-0.2, -0.15) is 5.21 Å². The Bertz CT molecular complexity index is 773. The number of aromatic nitrogens is 4. The van der Waals surface area contributed by atoms with Crippen LogP contribution in [0.4, 0.5) is 0 Å². The Hall–Kier alpha value is -2.53. The van der Waals surface area contributed by atoms with Gasteiger partial charge in [0.2, 0.25) is 0 Å². The van der Waals surface area contributed by atoms with Gasteiger partial charge in [0.15, 0.2) is 5.82 Å². The highest BCUT2D eigenvalue weighted by Gasteiger charge is 2.25. The quantitative estimate of drug-likeness (QED) is 0.513. The molecule has 0 unspecified atom stereocenters. The Kier molecular flexibility index (Phi) is 7.73. The van der Waals surface area contributed by atoms with Gasteiger partial charge in [0, 0.05) is 25.0 Å². The lowest BCUT2D eigenvalue weighted by Gasteiger charge is -2.37. The monoisotopic (exact) mass is 377 g/mol. The number of tetrazole rings is 1. The van der Waals surface area contributed by atoms with Crippen molar-refractivity contribution in [2.75, 3.05) is 0 Å². The van der Waals surface area contributed by atoms with Gasteiger partial charge in [0.25, 0.3) is 0 Å². The molecular formula is C23H31N5. The van der Waals surface area contributed by atoms with Crippen molar-refractivity contribution in [1.29, 1.82) is 0 Å². The number of aromatic amines is 1. The number of hydrogen-bond acceptors (Lipinski definition) is 4. The number of nitrogens with zero attached hydrogens (tertiary/aromatic N) is 4. The summed E-state index contributed by atoms with van der Waals surface area (Å²) in [5.41, 5.74) is 2.71. The lowest BCUT2D eigenvalue weighted by molar-refractivity contribution is 0.117. The van der Waals surface area contributed by atoms with Crippen molar-refractivity contribution in [3.05, 3.63) is 77.6 Å². The Morgan fingerprint density at radius 2 is 1.68 bits per heavy atom. The first-order valence-corrected chi connectivity index (χ1v) is 10.3. The molecule has 2 aromatic carbocycles. The van der Waals surface area contributed by atoms with Crippen molar-refractivity contribution in [3.8, 4) is 0 Å². The molecule has 28 heavy (non-hydrogen) atoms. The van der Waals surface area contributed by atoms with E-state index in [4.69, 9.17) is 0 Å². The van der Waals surface area contributed by atoms with E-state index in [0.717, 1.165) is 25.2 Å². The largest absolute Gasteiger partial charge is 0.289 e. The van der Waals surface area contributed by atoms with E-state index in [9.17, 15) is 0 Å². The van der Waals surface area contributed by atoms with Crippen LogP contribution in [0.1, 0.15) is 62.5 Å². The highest BCUT2D eigenvalue weighted by molar-refractivity contribution is 5.20. The van der Waals surface area contributed by atoms with Crippen LogP contribution in [0.15, 0.2) is 60.7 Å². The minimum absolute atomic E-state index is 0.341. The molecule has 1 aromatic heterocycles. The molecule has 0 amide bonds. The number of hydrogen-bond donors (Lipinski definition) is 1. The lowest BCUT2D eigenvalue weighted by Crippen LogP contribution is -2.37.